The number of anilines is 1. The Labute approximate surface area is 189 Å². The summed E-state index contributed by atoms with van der Waals surface area (Å²) in [6, 6.07) is 16.5. The third-order valence-electron chi connectivity index (χ3n) is 4.91. The molecule has 2 aromatic carbocycles. The number of hydrogen-bond acceptors (Lipinski definition) is 5. The summed E-state index contributed by atoms with van der Waals surface area (Å²) in [6.45, 7) is 3.94. The molecular weight excluding hydrogens is 424 g/mol. The molecule has 0 radical (unpaired) electrons. The molecule has 0 atom stereocenters. The van der Waals surface area contributed by atoms with Gasteiger partial charge in [-0.1, -0.05) is 42.8 Å². The van der Waals surface area contributed by atoms with Gasteiger partial charge in [-0.05, 0) is 43.8 Å². The lowest BCUT2D eigenvalue weighted by atomic mass is 10.1. The zero-order valence-electron chi connectivity index (χ0n) is 17.7. The molecule has 0 saturated heterocycles. The van der Waals surface area contributed by atoms with E-state index in [9.17, 15) is 9.59 Å². The molecule has 162 valence electrons. The first kappa shape index (κ1) is 21.4. The van der Waals surface area contributed by atoms with Crippen LogP contribution in [0.5, 0.6) is 0 Å². The normalized spacial score (nSPS) is 10.8. The van der Waals surface area contributed by atoms with E-state index in [1.54, 1.807) is 22.8 Å². The highest BCUT2D eigenvalue weighted by molar-refractivity contribution is 7.71. The van der Waals surface area contributed by atoms with E-state index in [1.165, 1.54) is 6.07 Å². The van der Waals surface area contributed by atoms with Gasteiger partial charge in [0.25, 0.3) is 5.56 Å². The Morgan fingerprint density at radius 1 is 1.12 bits per heavy atom. The van der Waals surface area contributed by atoms with Gasteiger partial charge in [-0.15, -0.1) is 0 Å². The van der Waals surface area contributed by atoms with Gasteiger partial charge in [0.1, 0.15) is 12.4 Å². The fraction of sp³-hybridized carbons (Fsp3) is 0.174. The number of benzene rings is 2. The Kier molecular flexibility index (Phi) is 6.09. The number of nitrogens with one attached hydrogen (secondary N) is 3. The fourth-order valence-corrected chi connectivity index (χ4v) is 3.58. The second-order valence-corrected chi connectivity index (χ2v) is 7.76. The van der Waals surface area contributed by atoms with Crippen molar-refractivity contribution >= 4 is 23.8 Å². The van der Waals surface area contributed by atoms with Crippen LogP contribution in [0.1, 0.15) is 18.2 Å². The molecule has 0 bridgehead atoms. The Balaban J connectivity index is 1.56. The lowest BCUT2D eigenvalue weighted by Gasteiger charge is -2.10. The molecule has 0 aliphatic heterocycles. The number of aromatic nitrogens is 5. The minimum absolute atomic E-state index is 0.00321. The standard InChI is InChI=1S/C23H22N6O2S/c1-3-17-12-19(30)26-21(25-17)15-7-5-9-18(11-15)24-20(31)13-29-22(27-28-23(29)32)16-8-4-6-14(2)10-16/h4-12H,3,13H2,1-2H3,(H,24,31)(H,28,32)(H,25,26,30). The summed E-state index contributed by atoms with van der Waals surface area (Å²) in [4.78, 5) is 31.9. The molecule has 4 aromatic rings. The molecule has 4 rings (SSSR count). The number of aryl methyl sites for hydroxylation is 2. The molecule has 3 N–H and O–H groups in total. The predicted molar refractivity (Wildman–Crippen MR) is 126 cm³/mol. The van der Waals surface area contributed by atoms with E-state index >= 15 is 0 Å². The first-order valence-corrected chi connectivity index (χ1v) is 10.6. The van der Waals surface area contributed by atoms with Crippen LogP contribution in [0.4, 0.5) is 5.69 Å². The van der Waals surface area contributed by atoms with Gasteiger partial charge in [0.05, 0.1) is 0 Å². The highest BCUT2D eigenvalue weighted by Crippen LogP contribution is 2.21. The van der Waals surface area contributed by atoms with Crippen LogP contribution in [-0.2, 0) is 17.8 Å². The van der Waals surface area contributed by atoms with Crippen molar-refractivity contribution in [1.29, 1.82) is 0 Å². The maximum atomic E-state index is 12.8. The number of carbonyl (C=O) groups excluding carboxylic acids is 1. The van der Waals surface area contributed by atoms with E-state index in [1.807, 2.05) is 44.2 Å². The van der Waals surface area contributed by atoms with Gasteiger partial charge in [0.15, 0.2) is 10.6 Å². The van der Waals surface area contributed by atoms with E-state index in [0.29, 0.717) is 39.8 Å². The second kappa shape index (κ2) is 9.11. The number of rotatable bonds is 6. The molecule has 32 heavy (non-hydrogen) atoms. The van der Waals surface area contributed by atoms with E-state index in [2.05, 4.69) is 25.5 Å². The van der Waals surface area contributed by atoms with Gasteiger partial charge in [-0.3, -0.25) is 19.3 Å². The molecule has 0 unspecified atom stereocenters. The number of amides is 1. The van der Waals surface area contributed by atoms with E-state index in [0.717, 1.165) is 11.1 Å². The quantitative estimate of drug-likeness (QED) is 0.390. The molecular formula is C23H22N6O2S. The number of nitrogens with zero attached hydrogens (tertiary/aromatic N) is 3. The van der Waals surface area contributed by atoms with E-state index in [4.69, 9.17) is 12.2 Å². The summed E-state index contributed by atoms with van der Waals surface area (Å²) in [6.07, 6.45) is 0.655. The molecule has 0 aliphatic carbocycles. The topological polar surface area (TPSA) is 108 Å². The lowest BCUT2D eigenvalue weighted by molar-refractivity contribution is -0.116. The predicted octanol–water partition coefficient (Wildman–Crippen LogP) is 3.87. The number of carbonyl (C=O) groups is 1. The van der Waals surface area contributed by atoms with Crippen LogP contribution in [0.2, 0.25) is 0 Å². The van der Waals surface area contributed by atoms with Crippen molar-refractivity contribution in [2.24, 2.45) is 0 Å². The molecule has 0 aliphatic rings. The zero-order chi connectivity index (χ0) is 22.7. The number of aromatic amines is 2. The Morgan fingerprint density at radius 2 is 1.91 bits per heavy atom. The third-order valence-corrected chi connectivity index (χ3v) is 5.22. The average molecular weight is 447 g/mol. The van der Waals surface area contributed by atoms with Crippen molar-refractivity contribution in [3.8, 4) is 22.8 Å². The first-order chi connectivity index (χ1) is 15.4. The molecule has 2 aromatic heterocycles. The summed E-state index contributed by atoms with van der Waals surface area (Å²) in [5.74, 6) is 0.808. The van der Waals surface area contributed by atoms with E-state index in [-0.39, 0.29) is 18.0 Å². The van der Waals surface area contributed by atoms with Crippen LogP contribution in [0.25, 0.3) is 22.8 Å². The maximum Gasteiger partial charge on any atom is 0.251 e. The van der Waals surface area contributed by atoms with Crippen LogP contribution in [0.3, 0.4) is 0 Å². The molecule has 2 heterocycles. The van der Waals surface area contributed by atoms with Crippen molar-refractivity contribution in [3.63, 3.8) is 0 Å². The van der Waals surface area contributed by atoms with Gasteiger partial charge < -0.3 is 10.3 Å². The van der Waals surface area contributed by atoms with Crippen LogP contribution >= 0.6 is 12.2 Å². The van der Waals surface area contributed by atoms with Crippen LogP contribution in [0, 0.1) is 11.7 Å². The highest BCUT2D eigenvalue weighted by Gasteiger charge is 2.13. The number of H-pyrrole nitrogens is 2. The SMILES string of the molecule is CCc1cc(=O)[nH]c(-c2cccc(NC(=O)Cn3c(-c4cccc(C)c4)n[nH]c3=S)c2)n1. The van der Waals surface area contributed by atoms with Gasteiger partial charge in [0.2, 0.25) is 5.91 Å². The molecule has 9 heteroatoms. The number of hydrogen-bond donors (Lipinski definition) is 3. The maximum absolute atomic E-state index is 12.8. The Morgan fingerprint density at radius 3 is 2.69 bits per heavy atom. The van der Waals surface area contributed by atoms with E-state index < -0.39 is 0 Å². The Bertz CT molecular complexity index is 1400. The summed E-state index contributed by atoms with van der Waals surface area (Å²) in [5, 5.41) is 9.94. The largest absolute Gasteiger partial charge is 0.325 e. The highest BCUT2D eigenvalue weighted by atomic mass is 32.1. The molecule has 0 saturated carbocycles. The van der Waals surface area contributed by atoms with Crippen LogP contribution < -0.4 is 10.9 Å². The van der Waals surface area contributed by atoms with Crippen molar-refractivity contribution in [2.75, 3.05) is 5.32 Å². The van der Waals surface area contributed by atoms with Crippen molar-refractivity contribution < 1.29 is 4.79 Å². The molecule has 8 nitrogen and oxygen atoms in total. The lowest BCUT2D eigenvalue weighted by Crippen LogP contribution is -2.19. The third kappa shape index (κ3) is 4.73. The van der Waals surface area contributed by atoms with Gasteiger partial charge >= 0.3 is 0 Å². The average Bonchev–Trinajstić information content (AvgIpc) is 3.13. The molecule has 0 fully saturated rings. The van der Waals surface area contributed by atoms with Gasteiger partial charge in [0, 0.05) is 28.6 Å². The van der Waals surface area contributed by atoms with Crippen molar-refractivity contribution in [3.05, 3.63) is 81.0 Å². The molecule has 1 amide bonds. The smallest absolute Gasteiger partial charge is 0.251 e. The minimum atomic E-state index is -0.252. The van der Waals surface area contributed by atoms with Crippen molar-refractivity contribution in [1.82, 2.24) is 24.7 Å². The zero-order valence-corrected chi connectivity index (χ0v) is 18.5. The first-order valence-electron chi connectivity index (χ1n) is 10.2. The molecule has 0 spiro atoms. The summed E-state index contributed by atoms with van der Waals surface area (Å²) >= 11 is 5.33. The minimum Gasteiger partial charge on any atom is -0.325 e. The monoisotopic (exact) mass is 446 g/mol. The fourth-order valence-electron chi connectivity index (χ4n) is 3.38. The summed E-state index contributed by atoms with van der Waals surface area (Å²) in [7, 11) is 0. The summed E-state index contributed by atoms with van der Waals surface area (Å²) < 4.78 is 2.02. The van der Waals surface area contributed by atoms with Crippen LogP contribution in [0.15, 0.2) is 59.4 Å². The second-order valence-electron chi connectivity index (χ2n) is 7.38. The summed E-state index contributed by atoms with van der Waals surface area (Å²) in [5.41, 5.74) is 3.75. The van der Waals surface area contributed by atoms with Gasteiger partial charge in [-0.2, -0.15) is 5.10 Å². The van der Waals surface area contributed by atoms with Crippen LogP contribution in [-0.4, -0.2) is 30.6 Å². The van der Waals surface area contributed by atoms with Crippen molar-refractivity contribution in [2.45, 2.75) is 26.8 Å². The van der Waals surface area contributed by atoms with Gasteiger partial charge in [-0.25, -0.2) is 4.98 Å². The Hall–Kier alpha value is -3.85.